The standard InChI is InChI=1S/C24H23N3O4/c1-27-14-16(26-22(27)23(28)30-2)8-7-13-25-24(29)31-15-21-19-11-5-3-9-17(19)18-10-4-6-12-20(18)21/h3-12,14,21H,13,15H2,1-2H3,(H,25,29). The summed E-state index contributed by atoms with van der Waals surface area (Å²) in [6.45, 7) is 0.549. The Balaban J connectivity index is 1.31. The van der Waals surface area contributed by atoms with Crippen LogP contribution in [0.1, 0.15) is 33.4 Å². The zero-order valence-corrected chi connectivity index (χ0v) is 17.4. The summed E-state index contributed by atoms with van der Waals surface area (Å²) in [5.74, 6) is -0.260. The maximum absolute atomic E-state index is 12.2. The number of carbonyl (C=O) groups is 2. The molecule has 0 spiro atoms. The van der Waals surface area contributed by atoms with E-state index in [4.69, 9.17) is 4.74 Å². The minimum atomic E-state index is -0.501. The molecule has 1 aromatic heterocycles. The average Bonchev–Trinajstić information content (AvgIpc) is 3.32. The molecule has 4 rings (SSSR count). The molecule has 3 aromatic rings. The van der Waals surface area contributed by atoms with E-state index in [2.05, 4.69) is 39.3 Å². The van der Waals surface area contributed by atoms with E-state index in [9.17, 15) is 9.59 Å². The summed E-state index contributed by atoms with van der Waals surface area (Å²) in [7, 11) is 3.02. The fraction of sp³-hybridized carbons (Fsp3) is 0.208. The molecule has 0 aliphatic heterocycles. The first-order chi connectivity index (χ1) is 15.1. The van der Waals surface area contributed by atoms with Gasteiger partial charge in [-0.15, -0.1) is 0 Å². The highest BCUT2D eigenvalue weighted by molar-refractivity contribution is 5.85. The number of aryl methyl sites for hydroxylation is 1. The molecule has 0 atom stereocenters. The second-order valence-corrected chi connectivity index (χ2v) is 7.20. The molecule has 1 amide bonds. The molecular weight excluding hydrogens is 394 g/mol. The highest BCUT2D eigenvalue weighted by atomic mass is 16.5. The lowest BCUT2D eigenvalue weighted by atomic mass is 9.98. The summed E-state index contributed by atoms with van der Waals surface area (Å²) in [6.07, 6.45) is 4.68. The van der Waals surface area contributed by atoms with E-state index in [1.54, 1.807) is 30.0 Å². The van der Waals surface area contributed by atoms with Crippen molar-refractivity contribution in [2.75, 3.05) is 20.3 Å². The fourth-order valence-corrected chi connectivity index (χ4v) is 3.82. The summed E-state index contributed by atoms with van der Waals surface area (Å²) in [5.41, 5.74) is 5.33. The number of hydrogen-bond donors (Lipinski definition) is 1. The van der Waals surface area contributed by atoms with Gasteiger partial charge in [0.2, 0.25) is 5.82 Å². The van der Waals surface area contributed by atoms with Crippen molar-refractivity contribution in [2.24, 2.45) is 7.05 Å². The van der Waals surface area contributed by atoms with E-state index < -0.39 is 12.1 Å². The Morgan fingerprint density at radius 1 is 1.10 bits per heavy atom. The second-order valence-electron chi connectivity index (χ2n) is 7.20. The monoisotopic (exact) mass is 417 g/mol. The molecule has 7 heteroatoms. The normalized spacial score (nSPS) is 12.5. The summed E-state index contributed by atoms with van der Waals surface area (Å²) in [6, 6.07) is 16.4. The predicted octanol–water partition coefficient (Wildman–Crippen LogP) is 3.76. The molecule has 0 bridgehead atoms. The van der Waals surface area contributed by atoms with Crippen molar-refractivity contribution in [1.29, 1.82) is 0 Å². The van der Waals surface area contributed by atoms with Crippen LogP contribution in [0, 0.1) is 0 Å². The molecule has 0 fully saturated rings. The van der Waals surface area contributed by atoms with Crippen LogP contribution in [0.5, 0.6) is 0 Å². The van der Waals surface area contributed by atoms with Gasteiger partial charge >= 0.3 is 12.1 Å². The van der Waals surface area contributed by atoms with Gasteiger partial charge in [-0.2, -0.15) is 0 Å². The summed E-state index contributed by atoms with van der Waals surface area (Å²) in [5, 5.41) is 2.71. The number of carbonyl (C=O) groups excluding carboxylic acids is 2. The van der Waals surface area contributed by atoms with Crippen molar-refractivity contribution < 1.29 is 19.1 Å². The topological polar surface area (TPSA) is 82.4 Å². The van der Waals surface area contributed by atoms with E-state index in [-0.39, 0.29) is 24.9 Å². The number of hydrogen-bond acceptors (Lipinski definition) is 5. The molecular formula is C24H23N3O4. The Hall–Kier alpha value is -3.87. The van der Waals surface area contributed by atoms with Crippen molar-refractivity contribution in [3.63, 3.8) is 0 Å². The number of nitrogens with one attached hydrogen (secondary N) is 1. The van der Waals surface area contributed by atoms with Gasteiger partial charge in [-0.1, -0.05) is 54.6 Å². The van der Waals surface area contributed by atoms with E-state index in [1.165, 1.54) is 29.4 Å². The lowest BCUT2D eigenvalue weighted by Crippen LogP contribution is -2.26. The van der Waals surface area contributed by atoms with Crippen LogP contribution in [0.15, 0.2) is 60.8 Å². The SMILES string of the molecule is COC(=O)c1nc(C=CCNC(=O)OCC2c3ccccc3-c3ccccc32)cn1C. The number of fused-ring (bicyclic) bond motifs is 3. The van der Waals surface area contributed by atoms with E-state index in [1.807, 2.05) is 24.3 Å². The minimum Gasteiger partial charge on any atom is -0.463 e. The first-order valence-electron chi connectivity index (χ1n) is 9.95. The van der Waals surface area contributed by atoms with Gasteiger partial charge in [0.25, 0.3) is 0 Å². The summed E-state index contributed by atoms with van der Waals surface area (Å²) >= 11 is 0. The van der Waals surface area contributed by atoms with Crippen LogP contribution in [0.2, 0.25) is 0 Å². The van der Waals surface area contributed by atoms with E-state index in [0.717, 1.165) is 0 Å². The van der Waals surface area contributed by atoms with Crippen LogP contribution in [0.4, 0.5) is 4.79 Å². The lowest BCUT2D eigenvalue weighted by Gasteiger charge is -2.14. The predicted molar refractivity (Wildman–Crippen MR) is 117 cm³/mol. The molecule has 0 saturated carbocycles. The third-order valence-electron chi connectivity index (χ3n) is 5.26. The van der Waals surface area contributed by atoms with Crippen molar-refractivity contribution in [3.8, 4) is 11.1 Å². The number of nitrogens with zero attached hydrogens (tertiary/aromatic N) is 2. The van der Waals surface area contributed by atoms with Crippen molar-refractivity contribution in [3.05, 3.63) is 83.4 Å². The van der Waals surface area contributed by atoms with Crippen LogP contribution in [0.25, 0.3) is 17.2 Å². The number of esters is 1. The van der Waals surface area contributed by atoms with Gasteiger partial charge in [0.15, 0.2) is 0 Å². The number of methoxy groups -OCH3 is 1. The third kappa shape index (κ3) is 4.21. The van der Waals surface area contributed by atoms with Crippen molar-refractivity contribution in [2.45, 2.75) is 5.92 Å². The Labute approximate surface area is 180 Å². The van der Waals surface area contributed by atoms with Gasteiger partial charge in [-0.3, -0.25) is 0 Å². The summed E-state index contributed by atoms with van der Waals surface area (Å²) in [4.78, 5) is 28.0. The quantitative estimate of drug-likeness (QED) is 0.618. The molecule has 0 saturated heterocycles. The van der Waals surface area contributed by atoms with Crippen LogP contribution in [-0.4, -0.2) is 41.9 Å². The van der Waals surface area contributed by atoms with Gasteiger partial charge in [0, 0.05) is 25.7 Å². The number of amides is 1. The molecule has 1 heterocycles. The summed E-state index contributed by atoms with van der Waals surface area (Å²) < 4.78 is 11.8. The van der Waals surface area contributed by atoms with Gasteiger partial charge in [-0.25, -0.2) is 14.6 Å². The maximum atomic E-state index is 12.2. The van der Waals surface area contributed by atoms with Gasteiger partial charge < -0.3 is 19.4 Å². The Bertz CT molecular complexity index is 1100. The Morgan fingerprint density at radius 3 is 2.39 bits per heavy atom. The zero-order valence-electron chi connectivity index (χ0n) is 17.4. The second kappa shape index (κ2) is 8.87. The van der Waals surface area contributed by atoms with Gasteiger partial charge in [0.05, 0.1) is 12.8 Å². The number of benzene rings is 2. The van der Waals surface area contributed by atoms with Gasteiger partial charge in [0.1, 0.15) is 6.61 Å². The third-order valence-corrected chi connectivity index (χ3v) is 5.26. The Kier molecular flexibility index (Phi) is 5.84. The molecule has 1 aliphatic carbocycles. The smallest absolute Gasteiger partial charge is 0.407 e. The Morgan fingerprint density at radius 2 is 1.74 bits per heavy atom. The first-order valence-corrected chi connectivity index (χ1v) is 9.95. The van der Waals surface area contributed by atoms with E-state index in [0.29, 0.717) is 5.69 Å². The average molecular weight is 417 g/mol. The minimum absolute atomic E-state index is 0.0268. The molecule has 31 heavy (non-hydrogen) atoms. The molecule has 1 aliphatic rings. The first kappa shape index (κ1) is 20.4. The molecule has 0 radical (unpaired) electrons. The molecule has 1 N–H and O–H groups in total. The van der Waals surface area contributed by atoms with Crippen LogP contribution in [0.3, 0.4) is 0 Å². The zero-order chi connectivity index (χ0) is 21.8. The molecule has 7 nitrogen and oxygen atoms in total. The van der Waals surface area contributed by atoms with Crippen molar-refractivity contribution >= 4 is 18.1 Å². The molecule has 2 aromatic carbocycles. The van der Waals surface area contributed by atoms with Crippen LogP contribution < -0.4 is 5.32 Å². The van der Waals surface area contributed by atoms with Crippen LogP contribution in [-0.2, 0) is 16.5 Å². The molecule has 158 valence electrons. The number of imidazole rings is 1. The largest absolute Gasteiger partial charge is 0.463 e. The highest BCUT2D eigenvalue weighted by Gasteiger charge is 2.28. The number of rotatable bonds is 6. The number of ether oxygens (including phenoxy) is 2. The highest BCUT2D eigenvalue weighted by Crippen LogP contribution is 2.44. The van der Waals surface area contributed by atoms with Gasteiger partial charge in [-0.05, 0) is 28.3 Å². The number of aromatic nitrogens is 2. The maximum Gasteiger partial charge on any atom is 0.407 e. The van der Waals surface area contributed by atoms with E-state index >= 15 is 0 Å². The van der Waals surface area contributed by atoms with Crippen molar-refractivity contribution in [1.82, 2.24) is 14.9 Å². The fourth-order valence-electron chi connectivity index (χ4n) is 3.82. The molecule has 0 unspecified atom stereocenters. The number of alkyl carbamates (subject to hydrolysis) is 1. The van der Waals surface area contributed by atoms with Crippen LogP contribution >= 0.6 is 0 Å². The lowest BCUT2D eigenvalue weighted by molar-refractivity contribution is 0.0582.